The van der Waals surface area contributed by atoms with Crippen molar-refractivity contribution in [2.45, 2.75) is 97.5 Å². The topological polar surface area (TPSA) is 193 Å². The number of amides is 3. The first-order valence-corrected chi connectivity index (χ1v) is 25.0. The van der Waals surface area contributed by atoms with Crippen LogP contribution in [0.15, 0.2) is 69.6 Å². The molecule has 2 aromatic carbocycles. The number of benzene rings is 2. The van der Waals surface area contributed by atoms with E-state index < -0.39 is 24.1 Å². The number of aliphatic imine (C=N–C) groups is 1. The number of hydrogen-bond acceptors (Lipinski definition) is 14. The Kier molecular flexibility index (Phi) is 13.9. The first-order valence-electron chi connectivity index (χ1n) is 23.0. The number of aliphatic hydroxyl groups is 1. The first kappa shape index (κ1) is 47.3. The number of halogens is 1. The molecule has 3 N–H and O–H groups in total. The highest BCUT2D eigenvalue weighted by Gasteiger charge is 2.43. The molecular formula is C49H55ClN10O6S2. The van der Waals surface area contributed by atoms with E-state index in [1.54, 1.807) is 28.7 Å². The summed E-state index contributed by atoms with van der Waals surface area (Å²) in [5.41, 5.74) is 8.63. The highest BCUT2D eigenvalue weighted by atomic mass is 35.5. The van der Waals surface area contributed by atoms with E-state index >= 15 is 0 Å². The van der Waals surface area contributed by atoms with Gasteiger partial charge in [-0.05, 0) is 74.0 Å². The zero-order chi connectivity index (χ0) is 47.8. The van der Waals surface area contributed by atoms with Gasteiger partial charge in [-0.15, -0.1) is 32.9 Å². The third kappa shape index (κ3) is 9.87. The number of β-amino-alcohol motifs (C(OH)–C–C–N with tert-alkyl or cyclic N) is 1. The molecule has 9 rings (SSSR count). The van der Waals surface area contributed by atoms with Crippen LogP contribution in [0.4, 0.5) is 0 Å². The molecule has 68 heavy (non-hydrogen) atoms. The molecule has 0 spiro atoms. The van der Waals surface area contributed by atoms with E-state index in [0.29, 0.717) is 36.3 Å². The Balaban J connectivity index is 0.776. The van der Waals surface area contributed by atoms with Crippen molar-refractivity contribution < 1.29 is 28.8 Å². The van der Waals surface area contributed by atoms with Crippen LogP contribution < -0.4 is 15.4 Å². The van der Waals surface area contributed by atoms with Crippen molar-refractivity contribution in [3.05, 3.63) is 115 Å². The van der Waals surface area contributed by atoms with E-state index in [2.05, 4.69) is 49.7 Å². The van der Waals surface area contributed by atoms with E-state index in [1.807, 2.05) is 86.3 Å². The number of carbonyl (C=O) groups is 3. The molecule has 4 aromatic heterocycles. The molecule has 0 saturated carbocycles. The van der Waals surface area contributed by atoms with Crippen LogP contribution in [0.3, 0.4) is 0 Å². The second-order valence-corrected chi connectivity index (χ2v) is 20.7. The SMILES string of the molecule is Cc1ncsc1-c1ccc(CNC(=O)[C@@H]2C[C@@H](O)CN2C(=O)C(c2cc(OCCN3CC[C@H](NC(=O)C[C@@H]4N=C(c5ccc(Cl)cc5)c5c(sc(C)c5C)-n5c(C)nnc54)C3)no2)C(C)C)cc1. The number of rotatable bonds is 15. The molecule has 0 radical (unpaired) electrons. The fourth-order valence-corrected chi connectivity index (χ4v) is 11.5. The maximum absolute atomic E-state index is 14.2. The van der Waals surface area contributed by atoms with Crippen molar-refractivity contribution in [3.63, 3.8) is 0 Å². The number of fused-ring (bicyclic) bond motifs is 3. The third-order valence-electron chi connectivity index (χ3n) is 13.1. The number of thiophene rings is 1. The number of aliphatic hydroxyl groups excluding tert-OH is 1. The zero-order valence-electron chi connectivity index (χ0n) is 38.9. The average molecular weight is 980 g/mol. The van der Waals surface area contributed by atoms with Gasteiger partial charge in [-0.1, -0.05) is 61.8 Å². The van der Waals surface area contributed by atoms with Gasteiger partial charge in [-0.2, -0.15) is 0 Å². The van der Waals surface area contributed by atoms with Gasteiger partial charge >= 0.3 is 0 Å². The minimum absolute atomic E-state index is 0.0375. The fraction of sp³-hybridized carbons (Fsp3) is 0.429. The number of aryl methyl sites for hydroxylation is 3. The molecule has 2 saturated heterocycles. The smallest absolute Gasteiger partial charge is 0.254 e. The van der Waals surface area contributed by atoms with Crippen LogP contribution in [0.1, 0.15) is 95.3 Å². The summed E-state index contributed by atoms with van der Waals surface area (Å²) >= 11 is 9.53. The maximum atomic E-state index is 14.2. The van der Waals surface area contributed by atoms with Gasteiger partial charge in [0.05, 0.1) is 34.3 Å². The van der Waals surface area contributed by atoms with Gasteiger partial charge in [0.2, 0.25) is 17.7 Å². The highest BCUT2D eigenvalue weighted by molar-refractivity contribution is 7.15. The van der Waals surface area contributed by atoms with Gasteiger partial charge in [-0.25, -0.2) is 4.98 Å². The van der Waals surface area contributed by atoms with Crippen LogP contribution in [0, 0.1) is 33.6 Å². The summed E-state index contributed by atoms with van der Waals surface area (Å²) in [5.74, 6) is 0.227. The summed E-state index contributed by atoms with van der Waals surface area (Å²) in [6.45, 7) is 14.5. The lowest BCUT2D eigenvalue weighted by molar-refractivity contribution is -0.141. The van der Waals surface area contributed by atoms with Gasteiger partial charge in [0.15, 0.2) is 11.6 Å². The lowest BCUT2D eigenvalue weighted by Crippen LogP contribution is -2.48. The summed E-state index contributed by atoms with van der Waals surface area (Å²) in [4.78, 5) is 57.0. The van der Waals surface area contributed by atoms with Crippen LogP contribution in [0.25, 0.3) is 15.4 Å². The molecule has 1 unspecified atom stereocenters. The molecule has 5 atom stereocenters. The molecule has 2 fully saturated rings. The van der Waals surface area contributed by atoms with Crippen molar-refractivity contribution >= 4 is 57.7 Å². The van der Waals surface area contributed by atoms with Crippen LogP contribution in [-0.4, -0.2) is 114 Å². The number of thiazole rings is 1. The van der Waals surface area contributed by atoms with Gasteiger partial charge in [0.25, 0.3) is 5.88 Å². The molecule has 19 heteroatoms. The van der Waals surface area contributed by atoms with E-state index in [1.165, 1.54) is 9.78 Å². The number of ether oxygens (including phenoxy) is 1. The van der Waals surface area contributed by atoms with Gasteiger partial charge in [-0.3, -0.25) is 28.8 Å². The maximum Gasteiger partial charge on any atom is 0.254 e. The predicted octanol–water partition coefficient (Wildman–Crippen LogP) is 6.90. The molecule has 0 bridgehead atoms. The Morgan fingerprint density at radius 1 is 1.01 bits per heavy atom. The summed E-state index contributed by atoms with van der Waals surface area (Å²) in [7, 11) is 0. The number of hydrogen-bond donors (Lipinski definition) is 3. The molecular weight excluding hydrogens is 924 g/mol. The van der Waals surface area contributed by atoms with Crippen LogP contribution in [0.2, 0.25) is 5.02 Å². The first-order chi connectivity index (χ1) is 32.7. The van der Waals surface area contributed by atoms with E-state index in [0.717, 1.165) is 67.9 Å². The van der Waals surface area contributed by atoms with Crippen molar-refractivity contribution in [1.82, 2.24) is 45.3 Å². The summed E-state index contributed by atoms with van der Waals surface area (Å²) in [6, 6.07) is 15.8. The number of nitrogens with zero attached hydrogens (tertiary/aromatic N) is 8. The van der Waals surface area contributed by atoms with Crippen molar-refractivity contribution in [2.24, 2.45) is 10.9 Å². The standard InChI is InChI=1S/C49H55ClN10O6S2/c1-26(2)42(48(64)59-24-36(61)19-38(59)47(63)51-22-31-7-9-33(10-8-31)45-28(4)52-25-67-45)39-21-41(57-66-39)65-18-17-58-16-15-35(23-58)53-40(62)20-37-46-56-55-30(6)60(46)49-43(27(3)29(5)68-49)44(54-37)32-11-13-34(50)14-12-32/h7-14,21,25-26,35-38,42,61H,15-20,22-24H2,1-6H3,(H,51,63)(H,53,62)/t35-,36+,37-,38-,42?/m0/s1. The minimum atomic E-state index is -0.836. The minimum Gasteiger partial charge on any atom is -0.474 e. The monoisotopic (exact) mass is 978 g/mol. The van der Waals surface area contributed by atoms with E-state index in [-0.39, 0.29) is 61.5 Å². The quantitative estimate of drug-likeness (QED) is 0.0970. The number of aromatic nitrogens is 5. The second-order valence-electron chi connectivity index (χ2n) is 18.2. The molecule has 7 heterocycles. The van der Waals surface area contributed by atoms with Crippen LogP contribution in [0.5, 0.6) is 5.88 Å². The normalized spacial score (nSPS) is 19.7. The van der Waals surface area contributed by atoms with Crippen LogP contribution >= 0.6 is 34.3 Å². The number of nitrogens with one attached hydrogen (secondary N) is 2. The Hall–Kier alpha value is -5.79. The third-order valence-corrected chi connectivity index (χ3v) is 15.5. The molecule has 16 nitrogen and oxygen atoms in total. The molecule has 3 aliphatic heterocycles. The van der Waals surface area contributed by atoms with Crippen molar-refractivity contribution in [3.8, 4) is 21.3 Å². The summed E-state index contributed by atoms with van der Waals surface area (Å²) < 4.78 is 13.8. The molecule has 0 aliphatic carbocycles. The Morgan fingerprint density at radius 3 is 2.51 bits per heavy atom. The number of likely N-dealkylation sites (tertiary alicyclic amines) is 2. The average Bonchev–Trinajstić information content (AvgIpc) is 4.19. The Morgan fingerprint density at radius 2 is 1.78 bits per heavy atom. The van der Waals surface area contributed by atoms with E-state index in [4.69, 9.17) is 25.9 Å². The van der Waals surface area contributed by atoms with Gasteiger partial charge in [0, 0.05) is 72.3 Å². The summed E-state index contributed by atoms with van der Waals surface area (Å²) in [5, 5.41) is 31.6. The fourth-order valence-electron chi connectivity index (χ4n) is 9.39. The molecule has 3 aliphatic rings. The van der Waals surface area contributed by atoms with Crippen molar-refractivity contribution in [2.75, 3.05) is 32.8 Å². The largest absolute Gasteiger partial charge is 0.474 e. The number of carbonyl (C=O) groups excluding carboxylic acids is 3. The Labute approximate surface area is 407 Å². The van der Waals surface area contributed by atoms with Gasteiger partial charge < -0.3 is 29.9 Å². The molecule has 6 aromatic rings. The summed E-state index contributed by atoms with van der Waals surface area (Å²) in [6.07, 6.45) is 0.181. The van der Waals surface area contributed by atoms with Crippen LogP contribution in [-0.2, 0) is 20.9 Å². The lowest BCUT2D eigenvalue weighted by atomic mass is 9.91. The lowest BCUT2D eigenvalue weighted by Gasteiger charge is -2.28. The Bertz CT molecular complexity index is 2830. The van der Waals surface area contributed by atoms with Gasteiger partial charge in [0.1, 0.15) is 35.4 Å². The van der Waals surface area contributed by atoms with Crippen molar-refractivity contribution in [1.29, 1.82) is 0 Å². The van der Waals surface area contributed by atoms with E-state index in [9.17, 15) is 19.5 Å². The molecule has 3 amide bonds. The zero-order valence-corrected chi connectivity index (χ0v) is 41.3. The second kappa shape index (κ2) is 20.0. The predicted molar refractivity (Wildman–Crippen MR) is 261 cm³/mol. The highest BCUT2D eigenvalue weighted by Crippen LogP contribution is 2.40. The molecule has 356 valence electrons.